The van der Waals surface area contributed by atoms with Crippen LogP contribution in [-0.2, 0) is 4.74 Å². The Morgan fingerprint density at radius 3 is 2.78 bits per heavy atom. The number of rotatable bonds is 6. The minimum atomic E-state index is -0.227. The number of amides is 2. The Bertz CT molecular complexity index is 781. The zero-order valence-electron chi connectivity index (χ0n) is 16.1. The molecule has 0 saturated carbocycles. The van der Waals surface area contributed by atoms with E-state index in [1.807, 2.05) is 62.5 Å². The summed E-state index contributed by atoms with van der Waals surface area (Å²) in [6.45, 7) is 4.20. The second-order valence-corrected chi connectivity index (χ2v) is 6.70. The second-order valence-electron chi connectivity index (χ2n) is 6.70. The Balaban J connectivity index is 1.73. The topological polar surface area (TPSA) is 62.8 Å². The fourth-order valence-electron chi connectivity index (χ4n) is 3.45. The molecule has 0 radical (unpaired) electrons. The number of para-hydroxylation sites is 1. The lowest BCUT2D eigenvalue weighted by atomic mass is 10.0. The molecule has 6 nitrogen and oxygen atoms in total. The molecule has 1 fully saturated rings. The van der Waals surface area contributed by atoms with Gasteiger partial charge >= 0.3 is 6.03 Å². The van der Waals surface area contributed by atoms with E-state index in [1.165, 1.54) is 0 Å². The highest BCUT2D eigenvalue weighted by molar-refractivity contribution is 5.94. The van der Waals surface area contributed by atoms with E-state index < -0.39 is 0 Å². The highest BCUT2D eigenvalue weighted by Crippen LogP contribution is 2.30. The lowest BCUT2D eigenvalue weighted by Crippen LogP contribution is -2.45. The number of carbonyl (C=O) groups is 1. The Morgan fingerprint density at radius 2 is 2.00 bits per heavy atom. The molecule has 1 aliphatic rings. The maximum Gasteiger partial charge on any atom is 0.319 e. The molecule has 2 aromatic rings. The molecule has 2 amide bonds. The minimum Gasteiger partial charge on any atom is -0.497 e. The summed E-state index contributed by atoms with van der Waals surface area (Å²) in [5, 5.41) is 6.04. The van der Waals surface area contributed by atoms with Crippen LogP contribution in [0.4, 0.5) is 10.5 Å². The van der Waals surface area contributed by atoms with Crippen molar-refractivity contribution < 1.29 is 14.3 Å². The van der Waals surface area contributed by atoms with E-state index in [0.717, 1.165) is 35.7 Å². The monoisotopic (exact) mass is 369 g/mol. The van der Waals surface area contributed by atoms with Gasteiger partial charge in [-0.25, -0.2) is 4.79 Å². The van der Waals surface area contributed by atoms with Crippen LogP contribution in [0.3, 0.4) is 0 Å². The molecule has 2 N–H and O–H groups in total. The molecule has 0 aliphatic carbocycles. The molecular formula is C21H27N3O3. The van der Waals surface area contributed by atoms with Crippen LogP contribution in [0.15, 0.2) is 48.5 Å². The molecular weight excluding hydrogens is 342 g/mol. The van der Waals surface area contributed by atoms with E-state index >= 15 is 0 Å². The summed E-state index contributed by atoms with van der Waals surface area (Å²) >= 11 is 0. The van der Waals surface area contributed by atoms with Crippen molar-refractivity contribution in [2.75, 3.05) is 39.2 Å². The number of nitrogens with one attached hydrogen (secondary N) is 2. The summed E-state index contributed by atoms with van der Waals surface area (Å²) in [6, 6.07) is 15.3. The summed E-state index contributed by atoms with van der Waals surface area (Å²) in [4.78, 5) is 14.8. The van der Waals surface area contributed by atoms with Gasteiger partial charge in [-0.1, -0.05) is 30.3 Å². The number of carbonyl (C=O) groups excluding carboxylic acids is 1. The normalized spacial score (nSPS) is 19.7. The third kappa shape index (κ3) is 4.78. The second kappa shape index (κ2) is 8.88. The SMILES string of the molecule is CCO[C@@H]1CN(C)C[C@H]1NC(=O)Nc1ccccc1-c1cccc(OC)c1. The number of urea groups is 1. The van der Waals surface area contributed by atoms with Gasteiger partial charge in [-0.05, 0) is 37.7 Å². The predicted molar refractivity (Wildman–Crippen MR) is 107 cm³/mol. The molecule has 6 heteroatoms. The first kappa shape index (κ1) is 19.2. The van der Waals surface area contributed by atoms with Gasteiger partial charge < -0.3 is 25.0 Å². The maximum atomic E-state index is 12.6. The molecule has 2 aromatic carbocycles. The van der Waals surface area contributed by atoms with E-state index in [2.05, 4.69) is 15.5 Å². The average Bonchev–Trinajstić information content (AvgIpc) is 3.01. The van der Waals surface area contributed by atoms with Crippen LogP contribution in [-0.4, -0.2) is 56.9 Å². The van der Waals surface area contributed by atoms with E-state index in [0.29, 0.717) is 6.61 Å². The van der Waals surface area contributed by atoms with Gasteiger partial charge in [0.25, 0.3) is 0 Å². The summed E-state index contributed by atoms with van der Waals surface area (Å²) in [5.74, 6) is 0.778. The molecule has 1 heterocycles. The van der Waals surface area contributed by atoms with Gasteiger partial charge in [-0.15, -0.1) is 0 Å². The standard InChI is InChI=1S/C21H27N3O3/c1-4-27-20-14-24(2)13-19(20)23-21(25)22-18-11-6-5-10-17(18)15-8-7-9-16(12-15)26-3/h5-12,19-20H,4,13-14H2,1-3H3,(H2,22,23,25)/t19-,20-/m1/s1. The van der Waals surface area contributed by atoms with Crippen molar-refractivity contribution in [2.24, 2.45) is 0 Å². The van der Waals surface area contributed by atoms with Crippen molar-refractivity contribution in [1.29, 1.82) is 0 Å². The van der Waals surface area contributed by atoms with Gasteiger partial charge in [-0.3, -0.25) is 0 Å². The van der Waals surface area contributed by atoms with Crippen LogP contribution in [0.2, 0.25) is 0 Å². The first-order valence-electron chi connectivity index (χ1n) is 9.21. The van der Waals surface area contributed by atoms with Gasteiger partial charge in [0.2, 0.25) is 0 Å². The summed E-state index contributed by atoms with van der Waals surface area (Å²) in [6.07, 6.45) is 0.0133. The first-order valence-corrected chi connectivity index (χ1v) is 9.21. The number of hydrogen-bond donors (Lipinski definition) is 2. The molecule has 0 unspecified atom stereocenters. The number of anilines is 1. The number of ether oxygens (including phenoxy) is 2. The average molecular weight is 369 g/mol. The number of nitrogens with zero attached hydrogens (tertiary/aromatic N) is 1. The highest BCUT2D eigenvalue weighted by atomic mass is 16.5. The Hall–Kier alpha value is -2.57. The van der Waals surface area contributed by atoms with Crippen LogP contribution in [0.1, 0.15) is 6.92 Å². The summed E-state index contributed by atoms with van der Waals surface area (Å²) in [7, 11) is 3.67. The van der Waals surface area contributed by atoms with Gasteiger partial charge in [-0.2, -0.15) is 0 Å². The largest absolute Gasteiger partial charge is 0.497 e. The fourth-order valence-corrected chi connectivity index (χ4v) is 3.45. The molecule has 0 aromatic heterocycles. The number of benzene rings is 2. The van der Waals surface area contributed by atoms with Crippen molar-refractivity contribution in [3.05, 3.63) is 48.5 Å². The van der Waals surface area contributed by atoms with Crippen molar-refractivity contribution >= 4 is 11.7 Å². The third-order valence-electron chi connectivity index (χ3n) is 4.70. The number of likely N-dealkylation sites (tertiary alicyclic amines) is 1. The van der Waals surface area contributed by atoms with Gasteiger partial charge in [0.15, 0.2) is 0 Å². The number of likely N-dealkylation sites (N-methyl/N-ethyl adjacent to an activating group) is 1. The number of hydrogen-bond acceptors (Lipinski definition) is 4. The quantitative estimate of drug-likeness (QED) is 0.821. The molecule has 1 aliphatic heterocycles. The third-order valence-corrected chi connectivity index (χ3v) is 4.70. The fraction of sp³-hybridized carbons (Fsp3) is 0.381. The predicted octanol–water partition coefficient (Wildman–Crippen LogP) is 3.20. The molecule has 0 bridgehead atoms. The Kier molecular flexibility index (Phi) is 6.32. The van der Waals surface area contributed by atoms with E-state index in [-0.39, 0.29) is 18.2 Å². The zero-order valence-corrected chi connectivity index (χ0v) is 16.1. The van der Waals surface area contributed by atoms with Crippen molar-refractivity contribution in [1.82, 2.24) is 10.2 Å². The van der Waals surface area contributed by atoms with Crippen molar-refractivity contribution in [2.45, 2.75) is 19.1 Å². The molecule has 1 saturated heterocycles. The lowest BCUT2D eigenvalue weighted by molar-refractivity contribution is 0.0568. The van der Waals surface area contributed by atoms with E-state index in [1.54, 1.807) is 7.11 Å². The molecule has 0 spiro atoms. The summed E-state index contributed by atoms with van der Waals surface area (Å²) < 4.78 is 11.1. The van der Waals surface area contributed by atoms with Crippen LogP contribution >= 0.6 is 0 Å². The zero-order chi connectivity index (χ0) is 19.2. The van der Waals surface area contributed by atoms with Crippen LogP contribution < -0.4 is 15.4 Å². The molecule has 2 atom stereocenters. The van der Waals surface area contributed by atoms with E-state index in [9.17, 15) is 4.79 Å². The van der Waals surface area contributed by atoms with Gasteiger partial charge in [0.05, 0.1) is 24.9 Å². The van der Waals surface area contributed by atoms with Crippen molar-refractivity contribution in [3.8, 4) is 16.9 Å². The van der Waals surface area contributed by atoms with Crippen molar-refractivity contribution in [3.63, 3.8) is 0 Å². The maximum absolute atomic E-state index is 12.6. The van der Waals surface area contributed by atoms with Crippen LogP contribution in [0, 0.1) is 0 Å². The first-order chi connectivity index (χ1) is 13.1. The molecule has 27 heavy (non-hydrogen) atoms. The minimum absolute atomic E-state index is 0.0133. The molecule has 144 valence electrons. The van der Waals surface area contributed by atoms with Crippen LogP contribution in [0.25, 0.3) is 11.1 Å². The molecule has 3 rings (SSSR count). The Labute approximate surface area is 160 Å². The van der Waals surface area contributed by atoms with Gasteiger partial charge in [0.1, 0.15) is 5.75 Å². The lowest BCUT2D eigenvalue weighted by Gasteiger charge is -2.20. The van der Waals surface area contributed by atoms with Crippen LogP contribution in [0.5, 0.6) is 5.75 Å². The highest BCUT2D eigenvalue weighted by Gasteiger charge is 2.32. The summed E-state index contributed by atoms with van der Waals surface area (Å²) in [5.41, 5.74) is 2.68. The Morgan fingerprint density at radius 1 is 1.19 bits per heavy atom. The van der Waals surface area contributed by atoms with Gasteiger partial charge in [0, 0.05) is 25.3 Å². The number of methoxy groups -OCH3 is 1. The van der Waals surface area contributed by atoms with E-state index in [4.69, 9.17) is 9.47 Å². The smallest absolute Gasteiger partial charge is 0.319 e.